The van der Waals surface area contributed by atoms with Crippen molar-refractivity contribution in [1.29, 1.82) is 0 Å². The van der Waals surface area contributed by atoms with Crippen molar-refractivity contribution < 1.29 is 29.7 Å². The normalized spacial score (nSPS) is 33.2. The van der Waals surface area contributed by atoms with Crippen LogP contribution in [-0.4, -0.2) is 39.8 Å². The van der Waals surface area contributed by atoms with Crippen LogP contribution in [0.4, 0.5) is 0 Å². The van der Waals surface area contributed by atoms with Crippen molar-refractivity contribution in [3.05, 3.63) is 11.8 Å². The third kappa shape index (κ3) is 1.95. The Morgan fingerprint density at radius 3 is 2.62 bits per heavy atom. The second-order valence-electron chi connectivity index (χ2n) is 2.43. The van der Waals surface area contributed by atoms with Gasteiger partial charge in [-0.3, -0.25) is 0 Å². The van der Waals surface area contributed by atoms with Crippen molar-refractivity contribution >= 4 is 5.97 Å². The van der Waals surface area contributed by atoms with Gasteiger partial charge in [0.2, 0.25) is 12.0 Å². The molecule has 0 saturated carbocycles. The van der Waals surface area contributed by atoms with Gasteiger partial charge in [-0.1, -0.05) is 0 Å². The molecule has 0 saturated heterocycles. The van der Waals surface area contributed by atoms with Gasteiger partial charge < -0.3 is 24.9 Å². The van der Waals surface area contributed by atoms with Gasteiger partial charge in [0, 0.05) is 0 Å². The van der Waals surface area contributed by atoms with Gasteiger partial charge in [0.25, 0.3) is 0 Å². The van der Waals surface area contributed by atoms with E-state index in [0.717, 1.165) is 6.08 Å². The molecule has 0 spiro atoms. The molecule has 1 rings (SSSR count). The molecule has 1 aliphatic rings. The molecule has 7 heteroatoms. The Kier molecular flexibility index (Phi) is 2.83. The van der Waals surface area contributed by atoms with Crippen LogP contribution in [0, 0.1) is 0 Å². The SMILES string of the molecule is NOC(=O)C1=CC(O)C(O)C(O)O1. The molecule has 1 heterocycles. The van der Waals surface area contributed by atoms with Crippen molar-refractivity contribution in [2.45, 2.75) is 18.5 Å². The van der Waals surface area contributed by atoms with E-state index in [0.29, 0.717) is 0 Å². The highest BCUT2D eigenvalue weighted by molar-refractivity contribution is 5.86. The van der Waals surface area contributed by atoms with Crippen LogP contribution >= 0.6 is 0 Å². The fourth-order valence-electron chi connectivity index (χ4n) is 0.836. The summed E-state index contributed by atoms with van der Waals surface area (Å²) in [5.74, 6) is 3.06. The summed E-state index contributed by atoms with van der Waals surface area (Å²) in [6.07, 6.45) is -3.66. The minimum absolute atomic E-state index is 0.437. The fourth-order valence-corrected chi connectivity index (χ4v) is 0.836. The van der Waals surface area contributed by atoms with Crippen molar-refractivity contribution in [1.82, 2.24) is 0 Å². The Labute approximate surface area is 72.9 Å². The first-order valence-electron chi connectivity index (χ1n) is 3.40. The van der Waals surface area contributed by atoms with E-state index < -0.39 is 30.2 Å². The third-order valence-corrected chi connectivity index (χ3v) is 1.52. The molecule has 0 aromatic rings. The predicted molar refractivity (Wildman–Crippen MR) is 37.5 cm³/mol. The van der Waals surface area contributed by atoms with E-state index in [1.807, 2.05) is 0 Å². The number of aliphatic hydroxyl groups excluding tert-OH is 3. The topological polar surface area (TPSA) is 122 Å². The lowest BCUT2D eigenvalue weighted by Gasteiger charge is -2.26. The summed E-state index contributed by atoms with van der Waals surface area (Å²) in [5, 5.41) is 27.0. The maximum atomic E-state index is 10.7. The van der Waals surface area contributed by atoms with Gasteiger partial charge in [-0.25, -0.2) is 4.79 Å². The molecule has 13 heavy (non-hydrogen) atoms. The quantitative estimate of drug-likeness (QED) is 0.334. The number of aliphatic hydroxyl groups is 3. The molecular weight excluding hydrogens is 182 g/mol. The lowest BCUT2D eigenvalue weighted by atomic mass is 10.1. The van der Waals surface area contributed by atoms with E-state index in [9.17, 15) is 4.79 Å². The number of nitrogens with two attached hydrogens (primary N) is 1. The lowest BCUT2D eigenvalue weighted by Crippen LogP contribution is -2.42. The summed E-state index contributed by atoms with van der Waals surface area (Å²) < 4.78 is 4.47. The Balaban J connectivity index is 2.78. The molecule has 1 aliphatic heterocycles. The highest BCUT2D eigenvalue weighted by Crippen LogP contribution is 2.16. The van der Waals surface area contributed by atoms with Crippen LogP contribution in [-0.2, 0) is 14.4 Å². The van der Waals surface area contributed by atoms with Crippen LogP contribution in [0.15, 0.2) is 11.8 Å². The second kappa shape index (κ2) is 3.71. The summed E-state index contributed by atoms with van der Waals surface area (Å²) in [6.45, 7) is 0. The molecule has 5 N–H and O–H groups in total. The van der Waals surface area contributed by atoms with Crippen LogP contribution in [0.3, 0.4) is 0 Å². The summed E-state index contributed by atoms with van der Waals surface area (Å²) in [7, 11) is 0. The average molecular weight is 191 g/mol. The lowest BCUT2D eigenvalue weighted by molar-refractivity contribution is -0.185. The number of carbonyl (C=O) groups is 1. The molecule has 0 bridgehead atoms. The molecule has 0 aromatic heterocycles. The highest BCUT2D eigenvalue weighted by Gasteiger charge is 2.33. The van der Waals surface area contributed by atoms with Crippen molar-refractivity contribution in [3.8, 4) is 0 Å². The molecule has 0 aromatic carbocycles. The van der Waals surface area contributed by atoms with Crippen LogP contribution in [0.2, 0.25) is 0 Å². The monoisotopic (exact) mass is 191 g/mol. The summed E-state index contributed by atoms with van der Waals surface area (Å²) in [6, 6.07) is 0. The van der Waals surface area contributed by atoms with E-state index in [4.69, 9.17) is 15.3 Å². The molecule has 0 amide bonds. The first kappa shape index (κ1) is 9.93. The Bertz CT molecular complexity index is 239. The van der Waals surface area contributed by atoms with Gasteiger partial charge >= 0.3 is 5.97 Å². The van der Waals surface area contributed by atoms with Gasteiger partial charge in [0.05, 0.1) is 0 Å². The molecule has 0 aliphatic carbocycles. The van der Waals surface area contributed by atoms with Gasteiger partial charge in [0.1, 0.15) is 12.2 Å². The Morgan fingerprint density at radius 1 is 1.54 bits per heavy atom. The maximum absolute atomic E-state index is 10.7. The molecule has 7 nitrogen and oxygen atoms in total. The number of carbonyl (C=O) groups excluding carboxylic acids is 1. The maximum Gasteiger partial charge on any atom is 0.391 e. The minimum Gasteiger partial charge on any atom is -0.455 e. The molecule has 0 radical (unpaired) electrons. The molecule has 3 atom stereocenters. The Hall–Kier alpha value is -1.15. The average Bonchev–Trinajstić information content (AvgIpc) is 2.12. The number of ether oxygens (including phenoxy) is 1. The van der Waals surface area contributed by atoms with E-state index in [1.54, 1.807) is 0 Å². The van der Waals surface area contributed by atoms with E-state index in [1.165, 1.54) is 0 Å². The first-order chi connectivity index (χ1) is 6.06. The van der Waals surface area contributed by atoms with E-state index in [2.05, 4.69) is 15.5 Å². The number of rotatable bonds is 1. The largest absolute Gasteiger partial charge is 0.455 e. The zero-order valence-electron chi connectivity index (χ0n) is 6.45. The van der Waals surface area contributed by atoms with Gasteiger partial charge in [-0.15, -0.1) is 0 Å². The summed E-state index contributed by atoms with van der Waals surface area (Å²) >= 11 is 0. The molecule has 74 valence electrons. The van der Waals surface area contributed by atoms with Crippen molar-refractivity contribution in [2.75, 3.05) is 0 Å². The van der Waals surface area contributed by atoms with Gasteiger partial charge in [-0.05, 0) is 6.08 Å². The summed E-state index contributed by atoms with van der Waals surface area (Å²) in [4.78, 5) is 14.5. The zero-order chi connectivity index (χ0) is 10.0. The molecular formula is C6H9NO6. The van der Waals surface area contributed by atoms with Crippen LogP contribution in [0.25, 0.3) is 0 Å². The predicted octanol–water partition coefficient (Wildman–Crippen LogP) is -2.64. The highest BCUT2D eigenvalue weighted by atomic mass is 16.7. The van der Waals surface area contributed by atoms with Gasteiger partial charge in [-0.2, -0.15) is 5.90 Å². The van der Waals surface area contributed by atoms with Crippen LogP contribution < -0.4 is 5.90 Å². The zero-order valence-corrected chi connectivity index (χ0v) is 6.45. The number of hydrogen-bond donors (Lipinski definition) is 4. The van der Waals surface area contributed by atoms with Crippen LogP contribution in [0.1, 0.15) is 0 Å². The third-order valence-electron chi connectivity index (χ3n) is 1.52. The standard InChI is InChI=1S/C6H9NO6/c7-13-5(10)3-1-2(8)4(9)6(11)12-3/h1-2,4,6,8-9,11H,7H2. The molecule has 3 unspecified atom stereocenters. The van der Waals surface area contributed by atoms with E-state index in [-0.39, 0.29) is 0 Å². The Morgan fingerprint density at radius 2 is 2.15 bits per heavy atom. The summed E-state index contributed by atoms with van der Waals surface area (Å²) in [5.41, 5.74) is 0. The second-order valence-corrected chi connectivity index (χ2v) is 2.43. The van der Waals surface area contributed by atoms with Crippen molar-refractivity contribution in [2.24, 2.45) is 5.90 Å². The van der Waals surface area contributed by atoms with Crippen molar-refractivity contribution in [3.63, 3.8) is 0 Å². The number of hydrogen-bond acceptors (Lipinski definition) is 7. The minimum atomic E-state index is -1.67. The molecule has 0 fully saturated rings. The van der Waals surface area contributed by atoms with E-state index >= 15 is 0 Å². The first-order valence-corrected chi connectivity index (χ1v) is 3.40. The van der Waals surface area contributed by atoms with Crippen LogP contribution in [0.5, 0.6) is 0 Å². The smallest absolute Gasteiger partial charge is 0.391 e. The van der Waals surface area contributed by atoms with Gasteiger partial charge in [0.15, 0.2) is 0 Å². The fraction of sp³-hybridized carbons (Fsp3) is 0.500.